The molecule has 0 aromatic heterocycles. The largest absolute Gasteiger partial charge is 0.467 e. The summed E-state index contributed by atoms with van der Waals surface area (Å²) >= 11 is 0. The van der Waals surface area contributed by atoms with Gasteiger partial charge in [0.1, 0.15) is 12.1 Å². The summed E-state index contributed by atoms with van der Waals surface area (Å²) in [5.41, 5.74) is 15.2. The lowest BCUT2D eigenvalue weighted by atomic mass is 10.1. The Morgan fingerprint density at radius 1 is 0.600 bits per heavy atom. The third-order valence-electron chi connectivity index (χ3n) is 11.3. The quantitative estimate of drug-likeness (QED) is 0.151. The number of nitrogens with zero attached hydrogens (tertiary/aromatic N) is 4. The lowest BCUT2D eigenvalue weighted by Crippen LogP contribution is -2.50. The second-order valence-electron chi connectivity index (χ2n) is 15.3. The molecule has 0 saturated carbocycles. The number of carbonyl (C=O) groups is 8. The molecule has 3 fully saturated rings. The predicted octanol–water partition coefficient (Wildman–Crippen LogP) is -0.862. The van der Waals surface area contributed by atoms with Crippen LogP contribution in [0, 0.1) is 0 Å². The predicted molar refractivity (Wildman–Crippen MR) is 216 cm³/mol. The highest BCUT2D eigenvalue weighted by Gasteiger charge is 2.42. The maximum absolute atomic E-state index is 13.2. The SMILES string of the molecule is COC(=O)C1CC(NC(=O)CN2CCC(=O)N(CC(=O)NC3CC(C(=O)OC)N(C(=O)CCc4ccc(CN)cc4)C3)CCC2=O)CN1C(=O)CCc1ccc(CN)cc1. The topological polar surface area (TPSA) is 244 Å². The number of methoxy groups -OCH3 is 2. The number of nitrogens with one attached hydrogen (secondary N) is 2. The van der Waals surface area contributed by atoms with E-state index in [0.717, 1.165) is 22.3 Å². The molecule has 0 aliphatic carbocycles. The molecule has 4 unspecified atom stereocenters. The minimum atomic E-state index is -0.878. The molecule has 5 rings (SSSR count). The van der Waals surface area contributed by atoms with Crippen LogP contribution >= 0.6 is 0 Å². The lowest BCUT2D eigenvalue weighted by Gasteiger charge is -2.30. The number of rotatable bonds is 16. The second-order valence-corrected chi connectivity index (χ2v) is 15.3. The van der Waals surface area contributed by atoms with Gasteiger partial charge in [-0.2, -0.15) is 0 Å². The molecule has 3 aliphatic heterocycles. The number of nitrogens with two attached hydrogens (primary N) is 2. The third-order valence-corrected chi connectivity index (χ3v) is 11.3. The van der Waals surface area contributed by atoms with Crippen molar-refractivity contribution >= 4 is 47.4 Å². The van der Waals surface area contributed by atoms with Crippen LogP contribution in [0.3, 0.4) is 0 Å². The van der Waals surface area contributed by atoms with Gasteiger partial charge in [0, 0.05) is 89.9 Å². The molecule has 18 heteroatoms. The summed E-state index contributed by atoms with van der Waals surface area (Å²) < 4.78 is 9.89. The van der Waals surface area contributed by atoms with Gasteiger partial charge >= 0.3 is 11.9 Å². The Morgan fingerprint density at radius 2 is 0.950 bits per heavy atom. The molecular formula is C42H56N8O10. The molecule has 4 atom stereocenters. The molecule has 324 valence electrons. The zero-order valence-electron chi connectivity index (χ0n) is 34.3. The van der Waals surface area contributed by atoms with Crippen molar-refractivity contribution < 1.29 is 47.8 Å². The van der Waals surface area contributed by atoms with Gasteiger partial charge in [0.15, 0.2) is 0 Å². The highest BCUT2D eigenvalue weighted by atomic mass is 16.5. The van der Waals surface area contributed by atoms with E-state index in [1.165, 1.54) is 33.8 Å². The average molecular weight is 833 g/mol. The number of ether oxygens (including phenoxy) is 2. The van der Waals surface area contributed by atoms with E-state index in [4.69, 9.17) is 20.9 Å². The maximum atomic E-state index is 13.2. The normalized spacial score (nSPS) is 20.7. The number of likely N-dealkylation sites (tertiary alicyclic amines) is 2. The van der Waals surface area contributed by atoms with Crippen LogP contribution in [-0.4, -0.2) is 145 Å². The second kappa shape index (κ2) is 21.4. The summed E-state index contributed by atoms with van der Waals surface area (Å²) in [5, 5.41) is 5.67. The molecule has 0 radical (unpaired) electrons. The summed E-state index contributed by atoms with van der Waals surface area (Å²) in [5.74, 6) is -3.50. The van der Waals surface area contributed by atoms with Gasteiger partial charge in [-0.25, -0.2) is 9.59 Å². The molecule has 60 heavy (non-hydrogen) atoms. The van der Waals surface area contributed by atoms with Crippen LogP contribution in [0.1, 0.15) is 60.8 Å². The van der Waals surface area contributed by atoms with Crippen molar-refractivity contribution in [1.82, 2.24) is 30.2 Å². The van der Waals surface area contributed by atoms with Crippen molar-refractivity contribution in [2.45, 2.75) is 88.6 Å². The molecule has 2 aromatic carbocycles. The molecule has 6 amide bonds. The van der Waals surface area contributed by atoms with Gasteiger partial charge in [-0.3, -0.25) is 28.8 Å². The van der Waals surface area contributed by atoms with Crippen molar-refractivity contribution in [3.8, 4) is 0 Å². The number of hydrogen-bond acceptors (Lipinski definition) is 12. The highest BCUT2D eigenvalue weighted by molar-refractivity contribution is 5.90. The van der Waals surface area contributed by atoms with E-state index in [0.29, 0.717) is 25.9 Å². The minimum absolute atomic E-state index is 0.0623. The van der Waals surface area contributed by atoms with Crippen LogP contribution in [-0.2, 0) is 73.8 Å². The number of benzene rings is 2. The number of carbonyl (C=O) groups excluding carboxylic acids is 8. The smallest absolute Gasteiger partial charge is 0.328 e. The third kappa shape index (κ3) is 12.1. The number of amides is 6. The summed E-state index contributed by atoms with van der Waals surface area (Å²) in [4.78, 5) is 110. The monoisotopic (exact) mass is 832 g/mol. The molecular weight excluding hydrogens is 777 g/mol. The van der Waals surface area contributed by atoms with E-state index >= 15 is 0 Å². The highest BCUT2D eigenvalue weighted by Crippen LogP contribution is 2.23. The average Bonchev–Trinajstić information content (AvgIpc) is 3.88. The van der Waals surface area contributed by atoms with Crippen LogP contribution in [0.4, 0.5) is 0 Å². The van der Waals surface area contributed by atoms with Crippen LogP contribution in [0.25, 0.3) is 0 Å². The van der Waals surface area contributed by atoms with Crippen LogP contribution < -0.4 is 22.1 Å². The zero-order chi connectivity index (χ0) is 43.3. The Hall–Kier alpha value is -5.88. The van der Waals surface area contributed by atoms with Crippen molar-refractivity contribution in [2.24, 2.45) is 11.5 Å². The maximum Gasteiger partial charge on any atom is 0.328 e. The van der Waals surface area contributed by atoms with Crippen molar-refractivity contribution in [2.75, 3.05) is 53.5 Å². The molecule has 6 N–H and O–H groups in total. The first-order valence-electron chi connectivity index (χ1n) is 20.3. The van der Waals surface area contributed by atoms with Crippen LogP contribution in [0.2, 0.25) is 0 Å². The minimum Gasteiger partial charge on any atom is -0.467 e. The molecule has 2 aromatic rings. The van der Waals surface area contributed by atoms with Gasteiger partial charge in [0.25, 0.3) is 0 Å². The van der Waals surface area contributed by atoms with Crippen LogP contribution in [0.15, 0.2) is 48.5 Å². The Kier molecular flexibility index (Phi) is 16.1. The number of aryl methyl sites for hydroxylation is 2. The first-order valence-corrected chi connectivity index (χ1v) is 20.3. The van der Waals surface area contributed by atoms with Crippen molar-refractivity contribution in [3.63, 3.8) is 0 Å². The van der Waals surface area contributed by atoms with E-state index in [1.54, 1.807) is 0 Å². The van der Waals surface area contributed by atoms with Crippen LogP contribution in [0.5, 0.6) is 0 Å². The van der Waals surface area contributed by atoms with Gasteiger partial charge < -0.3 is 51.2 Å². The van der Waals surface area contributed by atoms with Crippen molar-refractivity contribution in [3.05, 3.63) is 70.8 Å². The molecule has 3 saturated heterocycles. The van der Waals surface area contributed by atoms with Gasteiger partial charge in [-0.1, -0.05) is 48.5 Å². The molecule has 0 spiro atoms. The summed E-state index contributed by atoms with van der Waals surface area (Å²) in [6.45, 7) is 0.198. The fourth-order valence-corrected chi connectivity index (χ4v) is 7.88. The molecule has 3 aliphatic rings. The summed E-state index contributed by atoms with van der Waals surface area (Å²) in [6.07, 6.45) is 1.21. The van der Waals surface area contributed by atoms with Gasteiger partial charge in [0.2, 0.25) is 35.4 Å². The van der Waals surface area contributed by atoms with E-state index in [9.17, 15) is 38.4 Å². The summed E-state index contributed by atoms with van der Waals surface area (Å²) in [6, 6.07) is 12.3. The lowest BCUT2D eigenvalue weighted by molar-refractivity contribution is -0.151. The van der Waals surface area contributed by atoms with Gasteiger partial charge in [0.05, 0.1) is 27.3 Å². The van der Waals surface area contributed by atoms with E-state index in [1.807, 2.05) is 48.5 Å². The first kappa shape index (κ1) is 45.2. The molecule has 3 heterocycles. The number of hydrogen-bond donors (Lipinski definition) is 4. The van der Waals surface area contributed by atoms with E-state index < -0.39 is 47.9 Å². The Labute approximate surface area is 349 Å². The Morgan fingerprint density at radius 3 is 1.28 bits per heavy atom. The Bertz CT molecular complexity index is 1760. The van der Waals surface area contributed by atoms with Gasteiger partial charge in [-0.15, -0.1) is 0 Å². The summed E-state index contributed by atoms with van der Waals surface area (Å²) in [7, 11) is 2.47. The van der Waals surface area contributed by atoms with E-state index in [2.05, 4.69) is 10.6 Å². The number of esters is 2. The van der Waals surface area contributed by atoms with E-state index in [-0.39, 0.29) is 101 Å². The zero-order valence-corrected chi connectivity index (χ0v) is 34.3. The fourth-order valence-electron chi connectivity index (χ4n) is 7.88. The van der Waals surface area contributed by atoms with Gasteiger partial charge in [-0.05, 0) is 35.1 Å². The standard InChI is InChI=1S/C42H56N8O10/c1-59-41(57)33-19-31(23-49(33)39(55)13-11-27-3-7-29(21-43)8-4-27)45-35(51)25-47-17-15-38(54)48(18-16-37(47)53)26-36(52)46-32-20-34(42(58)60-2)50(24-32)40(56)14-12-28-5-9-30(22-44)10-6-28/h3-10,31-34H,11-26,43-44H2,1-2H3,(H,45,51)(H,46,52). The Balaban J connectivity index is 1.08. The molecule has 18 nitrogen and oxygen atoms in total. The molecule has 0 bridgehead atoms. The fraction of sp³-hybridized carbons (Fsp3) is 0.524. The first-order chi connectivity index (χ1) is 28.8. The van der Waals surface area contributed by atoms with Crippen molar-refractivity contribution in [1.29, 1.82) is 0 Å².